The topological polar surface area (TPSA) is 46.5 Å². The van der Waals surface area contributed by atoms with Crippen LogP contribution in [0.1, 0.15) is 11.1 Å². The van der Waals surface area contributed by atoms with E-state index < -0.39 is 5.97 Å². The number of carboxylic acids is 1. The Morgan fingerprint density at radius 3 is 2.38 bits per heavy atom. The van der Waals surface area contributed by atoms with Crippen molar-refractivity contribution in [2.45, 2.75) is 4.90 Å². The third kappa shape index (κ3) is 6.21. The summed E-state index contributed by atoms with van der Waals surface area (Å²) in [6.07, 6.45) is 2.12. The first kappa shape index (κ1) is 21.1. The Bertz CT molecular complexity index is 1000. The number of thioether (sulfide) groups is 1. The highest BCUT2D eigenvalue weighted by atomic mass is 79.9. The van der Waals surface area contributed by atoms with Crippen molar-refractivity contribution in [3.05, 3.63) is 100 Å². The summed E-state index contributed by atoms with van der Waals surface area (Å²) in [6.45, 7) is -0.375. The van der Waals surface area contributed by atoms with E-state index in [1.54, 1.807) is 36.0 Å². The molecule has 0 saturated heterocycles. The van der Waals surface area contributed by atoms with Crippen molar-refractivity contribution in [1.29, 1.82) is 0 Å². The molecule has 0 bridgehead atoms. The smallest absolute Gasteiger partial charge is 0.341 e. The number of rotatable bonds is 8. The van der Waals surface area contributed by atoms with Crippen LogP contribution < -0.4 is 4.74 Å². The average Bonchev–Trinajstić information content (AvgIpc) is 2.72. The van der Waals surface area contributed by atoms with Gasteiger partial charge < -0.3 is 9.84 Å². The molecule has 3 aromatic carbocycles. The number of hydrogen-bond donors (Lipinski definition) is 1. The number of benzene rings is 3. The van der Waals surface area contributed by atoms with Crippen LogP contribution >= 0.6 is 27.7 Å². The molecule has 6 heteroatoms. The zero-order valence-corrected chi connectivity index (χ0v) is 17.8. The first-order valence-electron chi connectivity index (χ1n) is 8.81. The predicted octanol–water partition coefficient (Wildman–Crippen LogP) is 6.28. The molecule has 148 valence electrons. The van der Waals surface area contributed by atoms with Crippen molar-refractivity contribution in [1.82, 2.24) is 0 Å². The molecule has 1 N–H and O–H groups in total. The molecule has 3 rings (SSSR count). The third-order valence-electron chi connectivity index (χ3n) is 4.03. The summed E-state index contributed by atoms with van der Waals surface area (Å²) in [4.78, 5) is 11.6. The highest BCUT2D eigenvalue weighted by Crippen LogP contribution is 2.32. The molecule has 3 nitrogen and oxygen atoms in total. The van der Waals surface area contributed by atoms with E-state index in [0.29, 0.717) is 11.5 Å². The van der Waals surface area contributed by atoms with Gasteiger partial charge in [-0.15, -0.1) is 11.8 Å². The van der Waals surface area contributed by atoms with Crippen LogP contribution in [-0.4, -0.2) is 23.4 Å². The molecular weight excluding hydrogens is 455 g/mol. The van der Waals surface area contributed by atoms with E-state index in [9.17, 15) is 9.18 Å². The van der Waals surface area contributed by atoms with E-state index >= 15 is 0 Å². The minimum absolute atomic E-state index is 0.260. The van der Waals surface area contributed by atoms with Crippen LogP contribution in [0.3, 0.4) is 0 Å². The summed E-state index contributed by atoms with van der Waals surface area (Å²) in [5, 5.41) is 8.70. The fraction of sp³-hybridized carbons (Fsp3) is 0.0870. The molecule has 3 aromatic rings. The first-order valence-corrected chi connectivity index (χ1v) is 10.6. The van der Waals surface area contributed by atoms with Crippen molar-refractivity contribution < 1.29 is 19.0 Å². The summed E-state index contributed by atoms with van der Waals surface area (Å²) < 4.78 is 19.4. The van der Waals surface area contributed by atoms with Crippen LogP contribution in [0.4, 0.5) is 4.39 Å². The minimum atomic E-state index is -1.01. The Kier molecular flexibility index (Phi) is 7.49. The van der Waals surface area contributed by atoms with E-state index in [4.69, 9.17) is 9.84 Å². The molecule has 0 aromatic heterocycles. The van der Waals surface area contributed by atoms with Gasteiger partial charge in [0.2, 0.25) is 0 Å². The number of carbonyl (C=O) groups is 1. The fourth-order valence-corrected chi connectivity index (χ4v) is 4.19. The quantitative estimate of drug-likeness (QED) is 0.392. The van der Waals surface area contributed by atoms with E-state index in [0.717, 1.165) is 26.1 Å². The van der Waals surface area contributed by atoms with E-state index in [2.05, 4.69) is 22.0 Å². The predicted molar refractivity (Wildman–Crippen MR) is 118 cm³/mol. The molecule has 0 aliphatic carbocycles. The summed E-state index contributed by atoms with van der Waals surface area (Å²) in [5.74, 6) is -0.0747. The zero-order chi connectivity index (χ0) is 20.6. The lowest BCUT2D eigenvalue weighted by Gasteiger charge is -2.10. The Labute approximate surface area is 181 Å². The number of carboxylic acid groups (broad SMARTS) is 1. The number of ether oxygens (including phenoxy) is 1. The van der Waals surface area contributed by atoms with E-state index in [1.165, 1.54) is 12.1 Å². The Balaban J connectivity index is 1.76. The van der Waals surface area contributed by atoms with Crippen molar-refractivity contribution in [2.75, 3.05) is 12.4 Å². The number of hydrogen-bond acceptors (Lipinski definition) is 3. The normalized spacial score (nSPS) is 11.3. The van der Waals surface area contributed by atoms with Crippen molar-refractivity contribution in [3.8, 4) is 5.75 Å². The summed E-state index contributed by atoms with van der Waals surface area (Å²) in [5.41, 5.74) is 3.06. The van der Waals surface area contributed by atoms with Crippen LogP contribution in [0, 0.1) is 5.82 Å². The third-order valence-corrected chi connectivity index (χ3v) is 5.95. The summed E-state index contributed by atoms with van der Waals surface area (Å²) >= 11 is 5.14. The molecule has 0 fully saturated rings. The molecular formula is C23H18BrFO3S. The SMILES string of the molecule is O=C(O)COc1ccc(SCC=C(c2ccccc2)c2ccc(F)cc2)c(Br)c1. The lowest BCUT2D eigenvalue weighted by molar-refractivity contribution is -0.139. The number of aliphatic carboxylic acids is 1. The second-order valence-electron chi connectivity index (χ2n) is 6.08. The van der Waals surface area contributed by atoms with Crippen molar-refractivity contribution >= 4 is 39.2 Å². The van der Waals surface area contributed by atoms with Gasteiger partial charge >= 0.3 is 5.97 Å². The molecule has 29 heavy (non-hydrogen) atoms. The highest BCUT2D eigenvalue weighted by Gasteiger charge is 2.07. The minimum Gasteiger partial charge on any atom is -0.482 e. The monoisotopic (exact) mass is 472 g/mol. The van der Waals surface area contributed by atoms with Gasteiger partial charge in [-0.3, -0.25) is 0 Å². The lowest BCUT2D eigenvalue weighted by atomic mass is 9.98. The van der Waals surface area contributed by atoms with Gasteiger partial charge in [0.15, 0.2) is 6.61 Å². The van der Waals surface area contributed by atoms with Crippen molar-refractivity contribution in [3.63, 3.8) is 0 Å². The molecule has 0 aliphatic heterocycles. The van der Waals surface area contributed by atoms with Gasteiger partial charge in [0.1, 0.15) is 11.6 Å². The Morgan fingerprint density at radius 2 is 1.72 bits per heavy atom. The van der Waals surface area contributed by atoms with Gasteiger partial charge in [0.05, 0.1) is 0 Å². The van der Waals surface area contributed by atoms with Gasteiger partial charge in [-0.1, -0.05) is 48.5 Å². The second kappa shape index (κ2) is 10.3. The Morgan fingerprint density at radius 1 is 1.03 bits per heavy atom. The molecule has 0 atom stereocenters. The largest absolute Gasteiger partial charge is 0.482 e. The first-order chi connectivity index (χ1) is 14.0. The van der Waals surface area contributed by atoms with E-state index in [1.807, 2.05) is 36.4 Å². The van der Waals surface area contributed by atoms with Gasteiger partial charge in [0.25, 0.3) is 0 Å². The van der Waals surface area contributed by atoms with Crippen LogP contribution in [0.25, 0.3) is 5.57 Å². The van der Waals surface area contributed by atoms with E-state index in [-0.39, 0.29) is 12.4 Å². The summed E-state index contributed by atoms with van der Waals surface area (Å²) in [7, 11) is 0. The average molecular weight is 473 g/mol. The highest BCUT2D eigenvalue weighted by molar-refractivity contribution is 9.10. The lowest BCUT2D eigenvalue weighted by Crippen LogP contribution is -2.09. The molecule has 0 unspecified atom stereocenters. The zero-order valence-electron chi connectivity index (χ0n) is 15.3. The van der Waals surface area contributed by atoms with Crippen LogP contribution in [-0.2, 0) is 4.79 Å². The Hall–Kier alpha value is -2.57. The van der Waals surface area contributed by atoms with Crippen LogP contribution in [0.5, 0.6) is 5.75 Å². The van der Waals surface area contributed by atoms with Gasteiger partial charge in [-0.25, -0.2) is 9.18 Å². The molecule has 0 amide bonds. The maximum absolute atomic E-state index is 13.3. The maximum Gasteiger partial charge on any atom is 0.341 e. The maximum atomic E-state index is 13.3. The molecule has 0 saturated carbocycles. The summed E-state index contributed by atoms with van der Waals surface area (Å²) in [6, 6.07) is 21.9. The van der Waals surface area contributed by atoms with Crippen molar-refractivity contribution in [2.24, 2.45) is 0 Å². The van der Waals surface area contributed by atoms with Gasteiger partial charge in [-0.05, 0) is 63.0 Å². The molecule has 0 radical (unpaired) electrons. The van der Waals surface area contributed by atoms with Crippen LogP contribution in [0.2, 0.25) is 0 Å². The standard InChI is InChI=1S/C23H18BrFO3S/c24-21-14-19(28-15-23(26)27)10-11-22(21)29-13-12-20(16-4-2-1-3-5-16)17-6-8-18(25)9-7-17/h1-12,14H,13,15H2,(H,26,27). The molecule has 0 aliphatic rings. The second-order valence-corrected chi connectivity index (χ2v) is 7.99. The molecule has 0 spiro atoms. The van der Waals surface area contributed by atoms with Gasteiger partial charge in [0, 0.05) is 15.1 Å². The van der Waals surface area contributed by atoms with Crippen LogP contribution in [0.15, 0.2) is 88.2 Å². The fourth-order valence-electron chi connectivity index (χ4n) is 2.70. The molecule has 0 heterocycles. The number of halogens is 2. The van der Waals surface area contributed by atoms with Gasteiger partial charge in [-0.2, -0.15) is 0 Å².